The molecule has 1 amide bonds. The summed E-state index contributed by atoms with van der Waals surface area (Å²) in [4.78, 5) is 12.9. The maximum Gasteiger partial charge on any atom is 0.280 e. The first kappa shape index (κ1) is 21.5. The number of rotatable bonds is 7. The van der Waals surface area contributed by atoms with E-state index in [1.165, 1.54) is 29.3 Å². The van der Waals surface area contributed by atoms with Crippen molar-refractivity contribution in [3.8, 4) is 11.5 Å². The lowest BCUT2D eigenvalue weighted by Crippen LogP contribution is -2.21. The van der Waals surface area contributed by atoms with Gasteiger partial charge in [0, 0.05) is 0 Å². The summed E-state index contributed by atoms with van der Waals surface area (Å²) in [7, 11) is -3.81. The minimum absolute atomic E-state index is 0.0350. The molecule has 0 bridgehead atoms. The second-order valence-electron chi connectivity index (χ2n) is 6.47. The zero-order valence-electron chi connectivity index (χ0n) is 17.0. The van der Waals surface area contributed by atoms with Gasteiger partial charge in [0.2, 0.25) is 10.0 Å². The number of carbonyl (C=O) groups is 1. The van der Waals surface area contributed by atoms with Crippen molar-refractivity contribution in [1.29, 1.82) is 0 Å². The first-order valence-corrected chi connectivity index (χ1v) is 10.9. The third kappa shape index (κ3) is 4.52. The van der Waals surface area contributed by atoms with Gasteiger partial charge in [-0.15, -0.1) is 0 Å². The van der Waals surface area contributed by atoms with Gasteiger partial charge in [0.05, 0.1) is 35.1 Å². The van der Waals surface area contributed by atoms with Gasteiger partial charge in [-0.1, -0.05) is 6.07 Å². The third-order valence-corrected chi connectivity index (χ3v) is 5.28. The number of sulfonamides is 1. The topological polar surface area (TPSA) is 111 Å². The van der Waals surface area contributed by atoms with Crippen LogP contribution in [0.5, 0.6) is 11.5 Å². The number of hydrazone groups is 1. The minimum atomic E-state index is -3.81. The predicted octanol–water partition coefficient (Wildman–Crippen LogP) is 2.94. The van der Waals surface area contributed by atoms with E-state index in [0.717, 1.165) is 5.56 Å². The van der Waals surface area contributed by atoms with Crippen LogP contribution in [0.1, 0.15) is 26.3 Å². The molecule has 2 aromatic rings. The third-order valence-electron chi connectivity index (χ3n) is 4.35. The average molecular weight is 429 g/mol. The standard InChI is InChI=1S/C21H23N3O5S/c1-4-28-19-11-6-15(13-20(19)29-5-2)12-18-14(3)23-24(21(18)25)16-7-9-17(10-8-16)30(22,26)27/h6-13H,4-5H2,1-3H3,(H2,22,26,27)/b18-12-. The summed E-state index contributed by atoms with van der Waals surface area (Å²) in [6, 6.07) is 11.1. The van der Waals surface area contributed by atoms with Crippen molar-refractivity contribution < 1.29 is 22.7 Å². The van der Waals surface area contributed by atoms with Gasteiger partial charge in [-0.3, -0.25) is 4.79 Å². The molecule has 0 radical (unpaired) electrons. The maximum atomic E-state index is 12.9. The van der Waals surface area contributed by atoms with Gasteiger partial charge in [-0.25, -0.2) is 13.6 Å². The highest BCUT2D eigenvalue weighted by atomic mass is 32.2. The van der Waals surface area contributed by atoms with Gasteiger partial charge in [0.1, 0.15) is 0 Å². The fraction of sp³-hybridized carbons (Fsp3) is 0.238. The highest BCUT2D eigenvalue weighted by molar-refractivity contribution is 7.89. The summed E-state index contributed by atoms with van der Waals surface area (Å²) in [5.74, 6) is 0.924. The van der Waals surface area contributed by atoms with Crippen molar-refractivity contribution in [2.24, 2.45) is 10.2 Å². The van der Waals surface area contributed by atoms with E-state index in [9.17, 15) is 13.2 Å². The molecule has 1 aliphatic rings. The zero-order valence-corrected chi connectivity index (χ0v) is 17.8. The normalized spacial score (nSPS) is 15.5. The highest BCUT2D eigenvalue weighted by Crippen LogP contribution is 2.31. The molecule has 0 aromatic heterocycles. The number of hydrogen-bond donors (Lipinski definition) is 1. The fourth-order valence-corrected chi connectivity index (χ4v) is 3.48. The molecule has 2 aromatic carbocycles. The van der Waals surface area contributed by atoms with Crippen LogP contribution in [-0.2, 0) is 14.8 Å². The minimum Gasteiger partial charge on any atom is -0.490 e. The Morgan fingerprint density at radius 3 is 2.27 bits per heavy atom. The van der Waals surface area contributed by atoms with E-state index in [1.807, 2.05) is 26.0 Å². The van der Waals surface area contributed by atoms with Gasteiger partial charge in [0.25, 0.3) is 5.91 Å². The van der Waals surface area contributed by atoms with Crippen LogP contribution < -0.4 is 19.6 Å². The first-order chi connectivity index (χ1) is 14.2. The SMILES string of the molecule is CCOc1ccc(/C=C2\C(=O)N(c3ccc(S(N)(=O)=O)cc3)N=C2C)cc1OCC. The van der Waals surface area contributed by atoms with Crippen molar-refractivity contribution in [1.82, 2.24) is 0 Å². The number of amides is 1. The second kappa shape index (κ2) is 8.68. The van der Waals surface area contributed by atoms with E-state index in [1.54, 1.807) is 19.1 Å². The van der Waals surface area contributed by atoms with Crippen LogP contribution in [0.4, 0.5) is 5.69 Å². The van der Waals surface area contributed by atoms with E-state index in [-0.39, 0.29) is 10.8 Å². The Kier molecular flexibility index (Phi) is 6.23. The molecule has 8 nitrogen and oxygen atoms in total. The van der Waals surface area contributed by atoms with Gasteiger partial charge < -0.3 is 9.47 Å². The second-order valence-corrected chi connectivity index (χ2v) is 8.03. The molecule has 2 N–H and O–H groups in total. The van der Waals surface area contributed by atoms with E-state index in [0.29, 0.717) is 41.7 Å². The smallest absolute Gasteiger partial charge is 0.280 e. The van der Waals surface area contributed by atoms with Crippen molar-refractivity contribution in [3.05, 3.63) is 53.6 Å². The van der Waals surface area contributed by atoms with Crippen molar-refractivity contribution in [3.63, 3.8) is 0 Å². The molecule has 0 atom stereocenters. The largest absolute Gasteiger partial charge is 0.490 e. The lowest BCUT2D eigenvalue weighted by atomic mass is 10.1. The molecule has 158 valence electrons. The van der Waals surface area contributed by atoms with Crippen LogP contribution in [0.15, 0.2) is 58.0 Å². The molecule has 1 heterocycles. The summed E-state index contributed by atoms with van der Waals surface area (Å²) in [6.07, 6.45) is 1.73. The molecular weight excluding hydrogens is 406 g/mol. The van der Waals surface area contributed by atoms with Crippen molar-refractivity contribution in [2.45, 2.75) is 25.7 Å². The van der Waals surface area contributed by atoms with Crippen LogP contribution in [0.25, 0.3) is 6.08 Å². The highest BCUT2D eigenvalue weighted by Gasteiger charge is 2.29. The number of hydrogen-bond acceptors (Lipinski definition) is 6. The van der Waals surface area contributed by atoms with Crippen LogP contribution in [0.3, 0.4) is 0 Å². The molecular formula is C21H23N3O5S. The van der Waals surface area contributed by atoms with Crippen LogP contribution in [0.2, 0.25) is 0 Å². The lowest BCUT2D eigenvalue weighted by Gasteiger charge is -2.13. The molecule has 3 rings (SSSR count). The Bertz CT molecular complexity index is 1120. The van der Waals surface area contributed by atoms with Crippen LogP contribution in [-0.4, -0.2) is 33.3 Å². The summed E-state index contributed by atoms with van der Waals surface area (Å²) < 4.78 is 34.0. The number of benzene rings is 2. The van der Waals surface area contributed by atoms with E-state index in [4.69, 9.17) is 14.6 Å². The zero-order chi connectivity index (χ0) is 21.9. The Hall–Kier alpha value is -3.17. The quantitative estimate of drug-likeness (QED) is 0.680. The van der Waals surface area contributed by atoms with Gasteiger partial charge in [-0.2, -0.15) is 10.1 Å². The van der Waals surface area contributed by atoms with E-state index >= 15 is 0 Å². The Morgan fingerprint density at radius 1 is 1.03 bits per heavy atom. The molecule has 0 fully saturated rings. The summed E-state index contributed by atoms with van der Waals surface area (Å²) in [5.41, 5.74) is 2.18. The molecule has 0 saturated carbocycles. The van der Waals surface area contributed by atoms with Crippen LogP contribution in [0, 0.1) is 0 Å². The van der Waals surface area contributed by atoms with Crippen molar-refractivity contribution >= 4 is 33.4 Å². The maximum absolute atomic E-state index is 12.9. The summed E-state index contributed by atoms with van der Waals surface area (Å²) in [6.45, 7) is 6.52. The molecule has 9 heteroatoms. The number of nitrogens with zero attached hydrogens (tertiary/aromatic N) is 2. The first-order valence-electron chi connectivity index (χ1n) is 9.38. The Labute approximate surface area is 175 Å². The van der Waals surface area contributed by atoms with Gasteiger partial charge in [0.15, 0.2) is 11.5 Å². The summed E-state index contributed by atoms with van der Waals surface area (Å²) in [5, 5.41) is 10.7. The van der Waals surface area contributed by atoms with Gasteiger partial charge >= 0.3 is 0 Å². The molecule has 0 aliphatic carbocycles. The van der Waals surface area contributed by atoms with Crippen LogP contribution >= 0.6 is 0 Å². The molecule has 1 aliphatic heterocycles. The Morgan fingerprint density at radius 2 is 1.67 bits per heavy atom. The van der Waals surface area contributed by atoms with E-state index < -0.39 is 10.0 Å². The number of nitrogens with two attached hydrogens (primary N) is 1. The molecule has 30 heavy (non-hydrogen) atoms. The molecule has 0 spiro atoms. The van der Waals surface area contributed by atoms with Gasteiger partial charge in [-0.05, 0) is 68.8 Å². The predicted molar refractivity (Wildman–Crippen MR) is 115 cm³/mol. The average Bonchev–Trinajstić information content (AvgIpc) is 2.98. The van der Waals surface area contributed by atoms with Crippen molar-refractivity contribution in [2.75, 3.05) is 18.2 Å². The number of primary sulfonamides is 1. The fourth-order valence-electron chi connectivity index (χ4n) is 2.96. The molecule has 0 unspecified atom stereocenters. The number of ether oxygens (including phenoxy) is 2. The summed E-state index contributed by atoms with van der Waals surface area (Å²) >= 11 is 0. The molecule has 0 saturated heterocycles. The number of carbonyl (C=O) groups excluding carboxylic acids is 1. The number of anilines is 1. The lowest BCUT2D eigenvalue weighted by molar-refractivity contribution is -0.114. The Balaban J connectivity index is 1.90. The van der Waals surface area contributed by atoms with E-state index in [2.05, 4.69) is 5.10 Å². The monoisotopic (exact) mass is 429 g/mol.